The van der Waals surface area contributed by atoms with Crippen molar-refractivity contribution in [3.05, 3.63) is 54.1 Å². The monoisotopic (exact) mass is 237 g/mol. The maximum Gasteiger partial charge on any atom is 0.124 e. The highest BCUT2D eigenvalue weighted by molar-refractivity contribution is 7.21. The Hall–Kier alpha value is -1.61. The molecule has 1 heterocycles. The van der Waals surface area contributed by atoms with Gasteiger partial charge >= 0.3 is 0 Å². The summed E-state index contributed by atoms with van der Waals surface area (Å²) in [5.41, 5.74) is 3.74. The van der Waals surface area contributed by atoms with Gasteiger partial charge in [0.05, 0.1) is 10.2 Å². The molecule has 0 radical (unpaired) electrons. The average molecular weight is 237 g/mol. The number of hydrogen-bond acceptors (Lipinski definition) is 2. The smallest absolute Gasteiger partial charge is 0.124 e. The molecule has 0 aliphatic rings. The second kappa shape index (κ2) is 4.34. The van der Waals surface area contributed by atoms with E-state index in [4.69, 9.17) is 4.98 Å². The largest absolute Gasteiger partial charge is 0.236 e. The van der Waals surface area contributed by atoms with Crippen molar-refractivity contribution in [1.82, 2.24) is 4.98 Å². The number of para-hydroxylation sites is 1. The Morgan fingerprint density at radius 1 is 1.00 bits per heavy atom. The van der Waals surface area contributed by atoms with Gasteiger partial charge in [-0.2, -0.15) is 0 Å². The number of rotatable bonds is 2. The second-order valence-corrected chi connectivity index (χ2v) is 5.03. The molecule has 1 nitrogen and oxygen atoms in total. The third-order valence-corrected chi connectivity index (χ3v) is 3.99. The van der Waals surface area contributed by atoms with E-state index < -0.39 is 0 Å². The van der Waals surface area contributed by atoms with Crippen LogP contribution in [0.1, 0.15) is 5.56 Å². The number of thiazole rings is 1. The standard InChI is InChI=1S/C14H12BNS/c15-9-10-5-1-2-6-11(10)14-16-12-7-3-4-8-13(12)17-14/h1-8H,9,15H2. The van der Waals surface area contributed by atoms with E-state index in [1.807, 2.05) is 6.07 Å². The van der Waals surface area contributed by atoms with Crippen molar-refractivity contribution >= 4 is 29.4 Å². The van der Waals surface area contributed by atoms with Gasteiger partial charge < -0.3 is 0 Å². The fraction of sp³-hybridized carbons (Fsp3) is 0.0714. The lowest BCUT2D eigenvalue weighted by molar-refractivity contribution is 1.37. The molecular weight excluding hydrogens is 225 g/mol. The van der Waals surface area contributed by atoms with Crippen molar-refractivity contribution in [3.63, 3.8) is 0 Å². The van der Waals surface area contributed by atoms with Gasteiger partial charge in [0.1, 0.15) is 12.9 Å². The molecule has 2 aromatic carbocycles. The normalized spacial score (nSPS) is 10.8. The minimum absolute atomic E-state index is 1.05. The van der Waals surface area contributed by atoms with Crippen LogP contribution in [0.25, 0.3) is 20.8 Å². The molecule has 0 atom stereocenters. The van der Waals surface area contributed by atoms with Crippen molar-refractivity contribution in [2.24, 2.45) is 0 Å². The Balaban J connectivity index is 2.20. The zero-order chi connectivity index (χ0) is 11.7. The topological polar surface area (TPSA) is 12.9 Å². The van der Waals surface area contributed by atoms with E-state index in [0.29, 0.717) is 0 Å². The summed E-state index contributed by atoms with van der Waals surface area (Å²) in [5.74, 6) is 0. The van der Waals surface area contributed by atoms with Gasteiger partial charge in [-0.05, 0) is 17.7 Å². The molecule has 17 heavy (non-hydrogen) atoms. The van der Waals surface area contributed by atoms with Gasteiger partial charge in [0, 0.05) is 5.56 Å². The minimum atomic E-state index is 1.05. The third kappa shape index (κ3) is 1.87. The summed E-state index contributed by atoms with van der Waals surface area (Å²) in [6.07, 6.45) is 1.05. The van der Waals surface area contributed by atoms with Gasteiger partial charge in [0.15, 0.2) is 0 Å². The van der Waals surface area contributed by atoms with Crippen LogP contribution in [0.15, 0.2) is 48.5 Å². The lowest BCUT2D eigenvalue weighted by atomic mass is 9.93. The van der Waals surface area contributed by atoms with Crippen LogP contribution in [-0.2, 0) is 6.32 Å². The van der Waals surface area contributed by atoms with Crippen LogP contribution in [0, 0.1) is 0 Å². The van der Waals surface area contributed by atoms with Crippen LogP contribution in [0.4, 0.5) is 0 Å². The van der Waals surface area contributed by atoms with Crippen LogP contribution in [0.5, 0.6) is 0 Å². The predicted molar refractivity (Wildman–Crippen MR) is 77.3 cm³/mol. The summed E-state index contributed by atoms with van der Waals surface area (Å²) in [7, 11) is 2.19. The molecule has 3 aromatic rings. The summed E-state index contributed by atoms with van der Waals surface area (Å²) in [6.45, 7) is 0. The van der Waals surface area contributed by atoms with Gasteiger partial charge in [-0.25, -0.2) is 4.98 Å². The second-order valence-electron chi connectivity index (χ2n) is 4.00. The van der Waals surface area contributed by atoms with E-state index >= 15 is 0 Å². The SMILES string of the molecule is BCc1ccccc1-c1nc2ccccc2s1. The Kier molecular flexibility index (Phi) is 2.69. The molecule has 3 rings (SSSR count). The van der Waals surface area contributed by atoms with Crippen LogP contribution in [0.2, 0.25) is 0 Å². The van der Waals surface area contributed by atoms with Crippen molar-refractivity contribution in [3.8, 4) is 10.6 Å². The van der Waals surface area contributed by atoms with Gasteiger partial charge in [0.2, 0.25) is 0 Å². The van der Waals surface area contributed by atoms with Gasteiger partial charge in [-0.1, -0.05) is 42.7 Å². The van der Waals surface area contributed by atoms with Crippen molar-refractivity contribution < 1.29 is 0 Å². The molecule has 0 aliphatic heterocycles. The summed E-state index contributed by atoms with van der Waals surface area (Å²) in [6, 6.07) is 16.8. The number of nitrogens with zero attached hydrogens (tertiary/aromatic N) is 1. The summed E-state index contributed by atoms with van der Waals surface area (Å²) in [5, 5.41) is 1.13. The molecule has 0 fully saturated rings. The van der Waals surface area contributed by atoms with Gasteiger partial charge in [0.25, 0.3) is 0 Å². The van der Waals surface area contributed by atoms with Crippen LogP contribution < -0.4 is 0 Å². The maximum atomic E-state index is 4.71. The molecular formula is C14H12BNS. The summed E-state index contributed by atoms with van der Waals surface area (Å²) < 4.78 is 1.26. The first-order valence-corrected chi connectivity index (χ1v) is 6.64. The molecule has 0 amide bonds. The van der Waals surface area contributed by atoms with E-state index in [2.05, 4.69) is 50.3 Å². The number of hydrogen-bond donors (Lipinski definition) is 0. The first kappa shape index (κ1) is 10.5. The molecule has 1 aromatic heterocycles. The highest BCUT2D eigenvalue weighted by atomic mass is 32.1. The van der Waals surface area contributed by atoms with Crippen molar-refractivity contribution in [2.75, 3.05) is 0 Å². The molecule has 0 aliphatic carbocycles. The van der Waals surface area contributed by atoms with E-state index in [0.717, 1.165) is 16.8 Å². The van der Waals surface area contributed by atoms with Gasteiger partial charge in [-0.15, -0.1) is 11.3 Å². The Morgan fingerprint density at radius 3 is 2.59 bits per heavy atom. The molecule has 0 bridgehead atoms. The molecule has 0 saturated carbocycles. The molecule has 3 heteroatoms. The molecule has 0 N–H and O–H groups in total. The van der Waals surface area contributed by atoms with E-state index in [1.54, 1.807) is 11.3 Å². The lowest BCUT2D eigenvalue weighted by Gasteiger charge is -2.03. The fourth-order valence-corrected chi connectivity index (χ4v) is 3.05. The van der Waals surface area contributed by atoms with E-state index in [-0.39, 0.29) is 0 Å². The molecule has 82 valence electrons. The first-order valence-electron chi connectivity index (χ1n) is 5.82. The lowest BCUT2D eigenvalue weighted by Crippen LogP contribution is -1.88. The third-order valence-electron chi connectivity index (χ3n) is 2.92. The average Bonchev–Trinajstić information content (AvgIpc) is 2.82. The zero-order valence-electron chi connectivity index (χ0n) is 9.68. The first-order chi connectivity index (χ1) is 8.38. The summed E-state index contributed by atoms with van der Waals surface area (Å²) in [4.78, 5) is 4.71. The number of benzene rings is 2. The maximum absolute atomic E-state index is 4.71. The van der Waals surface area contributed by atoms with Crippen molar-refractivity contribution in [1.29, 1.82) is 0 Å². The Morgan fingerprint density at radius 2 is 1.76 bits per heavy atom. The summed E-state index contributed by atoms with van der Waals surface area (Å²) >= 11 is 1.77. The number of aromatic nitrogens is 1. The van der Waals surface area contributed by atoms with Crippen molar-refractivity contribution in [2.45, 2.75) is 6.32 Å². The highest BCUT2D eigenvalue weighted by Crippen LogP contribution is 2.31. The van der Waals surface area contributed by atoms with Crippen LogP contribution in [0.3, 0.4) is 0 Å². The highest BCUT2D eigenvalue weighted by Gasteiger charge is 2.08. The molecule has 0 unspecified atom stereocenters. The zero-order valence-corrected chi connectivity index (χ0v) is 10.5. The van der Waals surface area contributed by atoms with Crippen LogP contribution in [-0.4, -0.2) is 12.8 Å². The Bertz CT molecular complexity index is 627. The minimum Gasteiger partial charge on any atom is -0.236 e. The number of fused-ring (bicyclic) bond motifs is 1. The Labute approximate surface area is 106 Å². The van der Waals surface area contributed by atoms with E-state index in [9.17, 15) is 0 Å². The van der Waals surface area contributed by atoms with Crippen LogP contribution >= 0.6 is 11.3 Å². The van der Waals surface area contributed by atoms with E-state index in [1.165, 1.54) is 15.8 Å². The molecule has 0 saturated heterocycles. The fourth-order valence-electron chi connectivity index (χ4n) is 2.02. The predicted octanol–water partition coefficient (Wildman–Crippen LogP) is 3.10. The quantitative estimate of drug-likeness (QED) is 0.624. The molecule has 0 spiro atoms. The van der Waals surface area contributed by atoms with Gasteiger partial charge in [-0.3, -0.25) is 0 Å².